The molecule has 1 aliphatic heterocycles. The number of methoxy groups -OCH3 is 1. The molecular formula is C21H21FN4O. The van der Waals surface area contributed by atoms with Gasteiger partial charge in [-0.1, -0.05) is 24.3 Å². The molecule has 0 aliphatic carbocycles. The van der Waals surface area contributed by atoms with Gasteiger partial charge in [0.05, 0.1) is 18.5 Å². The van der Waals surface area contributed by atoms with Crippen molar-refractivity contribution < 1.29 is 9.13 Å². The Balaban J connectivity index is 1.50. The van der Waals surface area contributed by atoms with E-state index in [1.54, 1.807) is 19.2 Å². The highest BCUT2D eigenvalue weighted by Crippen LogP contribution is 2.29. The van der Waals surface area contributed by atoms with Crippen LogP contribution in [-0.2, 0) is 0 Å². The first-order valence-corrected chi connectivity index (χ1v) is 8.96. The minimum absolute atomic E-state index is 0.275. The zero-order valence-electron chi connectivity index (χ0n) is 15.2. The summed E-state index contributed by atoms with van der Waals surface area (Å²) in [4.78, 5) is 13.2. The van der Waals surface area contributed by atoms with Gasteiger partial charge in [0.1, 0.15) is 23.7 Å². The van der Waals surface area contributed by atoms with E-state index in [2.05, 4.69) is 25.8 Å². The molecule has 1 fully saturated rings. The van der Waals surface area contributed by atoms with Crippen LogP contribution < -0.4 is 14.5 Å². The molecule has 1 saturated heterocycles. The first-order valence-electron chi connectivity index (χ1n) is 8.96. The number of halogens is 1. The molecule has 1 aromatic heterocycles. The Labute approximate surface area is 158 Å². The Morgan fingerprint density at radius 3 is 2.37 bits per heavy atom. The molecule has 3 aromatic rings. The zero-order chi connectivity index (χ0) is 18.6. The van der Waals surface area contributed by atoms with Gasteiger partial charge in [0.15, 0.2) is 0 Å². The third kappa shape index (κ3) is 3.56. The molecule has 0 unspecified atom stereocenters. The first kappa shape index (κ1) is 17.3. The number of nitrogens with zero attached hydrogens (tertiary/aromatic N) is 4. The second kappa shape index (κ2) is 7.61. The highest BCUT2D eigenvalue weighted by Gasteiger charge is 2.21. The van der Waals surface area contributed by atoms with Crippen molar-refractivity contribution in [3.05, 3.63) is 66.7 Å². The number of aromatic nitrogens is 2. The minimum Gasteiger partial charge on any atom is -0.495 e. The molecule has 138 valence electrons. The van der Waals surface area contributed by atoms with Crippen LogP contribution in [0.5, 0.6) is 5.75 Å². The fourth-order valence-electron chi connectivity index (χ4n) is 3.40. The first-order chi connectivity index (χ1) is 13.3. The molecule has 27 heavy (non-hydrogen) atoms. The molecule has 0 N–H and O–H groups in total. The van der Waals surface area contributed by atoms with Crippen molar-refractivity contribution in [1.82, 2.24) is 9.97 Å². The fraction of sp³-hybridized carbons (Fsp3) is 0.238. The summed E-state index contributed by atoms with van der Waals surface area (Å²) >= 11 is 0. The molecule has 5 nitrogen and oxygen atoms in total. The Hall–Kier alpha value is -3.15. The van der Waals surface area contributed by atoms with Crippen LogP contribution >= 0.6 is 0 Å². The summed E-state index contributed by atoms with van der Waals surface area (Å²) in [5.41, 5.74) is 2.20. The Morgan fingerprint density at radius 1 is 0.889 bits per heavy atom. The van der Waals surface area contributed by atoms with Crippen LogP contribution in [0.1, 0.15) is 0 Å². The van der Waals surface area contributed by atoms with Crippen molar-refractivity contribution in [3.8, 4) is 17.0 Å². The summed E-state index contributed by atoms with van der Waals surface area (Å²) < 4.78 is 19.5. The van der Waals surface area contributed by atoms with E-state index in [4.69, 9.17) is 4.74 Å². The minimum atomic E-state index is -0.275. The third-order valence-corrected chi connectivity index (χ3v) is 4.83. The molecule has 1 aliphatic rings. The second-order valence-electron chi connectivity index (χ2n) is 6.39. The summed E-state index contributed by atoms with van der Waals surface area (Å²) in [6.45, 7) is 3.37. The van der Waals surface area contributed by atoms with E-state index in [9.17, 15) is 4.39 Å². The van der Waals surface area contributed by atoms with E-state index in [1.165, 1.54) is 12.4 Å². The predicted molar refractivity (Wildman–Crippen MR) is 105 cm³/mol. The van der Waals surface area contributed by atoms with E-state index >= 15 is 0 Å². The van der Waals surface area contributed by atoms with Crippen LogP contribution in [0.4, 0.5) is 15.9 Å². The zero-order valence-corrected chi connectivity index (χ0v) is 15.2. The van der Waals surface area contributed by atoms with Crippen LogP contribution in [0.15, 0.2) is 60.9 Å². The van der Waals surface area contributed by atoms with E-state index < -0.39 is 0 Å². The summed E-state index contributed by atoms with van der Waals surface area (Å²) in [7, 11) is 1.69. The molecule has 0 spiro atoms. The predicted octanol–water partition coefficient (Wildman–Crippen LogP) is 3.62. The SMILES string of the molecule is COc1ccccc1N1CCN(c2cc(-c3ccccc3F)ncn2)CC1. The molecule has 0 amide bonds. The van der Waals surface area contributed by atoms with Crippen molar-refractivity contribution in [2.45, 2.75) is 0 Å². The van der Waals surface area contributed by atoms with Gasteiger partial charge in [-0.2, -0.15) is 0 Å². The molecule has 0 radical (unpaired) electrons. The number of hydrogen-bond donors (Lipinski definition) is 0. The smallest absolute Gasteiger partial charge is 0.142 e. The number of para-hydroxylation sites is 2. The van der Waals surface area contributed by atoms with Crippen molar-refractivity contribution in [1.29, 1.82) is 0 Å². The van der Waals surface area contributed by atoms with Gasteiger partial charge in [-0.3, -0.25) is 0 Å². The third-order valence-electron chi connectivity index (χ3n) is 4.83. The standard InChI is InChI=1S/C21H21FN4O/c1-27-20-9-5-4-8-19(20)25-10-12-26(13-11-25)21-14-18(23-15-24-21)16-6-2-3-7-17(16)22/h2-9,14-15H,10-13H2,1H3. The van der Waals surface area contributed by atoms with Gasteiger partial charge in [0.2, 0.25) is 0 Å². The average Bonchev–Trinajstić information content (AvgIpc) is 2.74. The van der Waals surface area contributed by atoms with Crippen molar-refractivity contribution >= 4 is 11.5 Å². The maximum atomic E-state index is 14.1. The number of anilines is 2. The van der Waals surface area contributed by atoms with Crippen LogP contribution in [0, 0.1) is 5.82 Å². The van der Waals surface area contributed by atoms with E-state index in [0.29, 0.717) is 11.3 Å². The topological polar surface area (TPSA) is 41.5 Å². The van der Waals surface area contributed by atoms with Gasteiger partial charge in [0, 0.05) is 37.8 Å². The highest BCUT2D eigenvalue weighted by atomic mass is 19.1. The van der Waals surface area contributed by atoms with Crippen molar-refractivity contribution in [2.75, 3.05) is 43.1 Å². The van der Waals surface area contributed by atoms with Crippen LogP contribution in [-0.4, -0.2) is 43.3 Å². The summed E-state index contributed by atoms with van der Waals surface area (Å²) in [5, 5.41) is 0. The van der Waals surface area contributed by atoms with Crippen molar-refractivity contribution in [2.24, 2.45) is 0 Å². The number of benzene rings is 2. The van der Waals surface area contributed by atoms with Gasteiger partial charge in [-0.25, -0.2) is 14.4 Å². The summed E-state index contributed by atoms with van der Waals surface area (Å²) in [6, 6.07) is 16.6. The van der Waals surface area contributed by atoms with Crippen molar-refractivity contribution in [3.63, 3.8) is 0 Å². The quantitative estimate of drug-likeness (QED) is 0.707. The lowest BCUT2D eigenvalue weighted by Gasteiger charge is -2.37. The molecule has 0 saturated carbocycles. The number of ether oxygens (including phenoxy) is 1. The molecular weight excluding hydrogens is 343 g/mol. The van der Waals surface area contributed by atoms with E-state index in [-0.39, 0.29) is 5.82 Å². The van der Waals surface area contributed by atoms with E-state index in [0.717, 1.165) is 43.4 Å². The van der Waals surface area contributed by atoms with Crippen LogP contribution in [0.2, 0.25) is 0 Å². The summed E-state index contributed by atoms with van der Waals surface area (Å²) in [5.74, 6) is 1.43. The molecule has 6 heteroatoms. The second-order valence-corrected chi connectivity index (χ2v) is 6.39. The lowest BCUT2D eigenvalue weighted by molar-refractivity contribution is 0.413. The molecule has 0 atom stereocenters. The number of piperazine rings is 1. The Kier molecular flexibility index (Phi) is 4.87. The normalized spacial score (nSPS) is 14.3. The van der Waals surface area contributed by atoms with Gasteiger partial charge in [-0.05, 0) is 24.3 Å². The maximum Gasteiger partial charge on any atom is 0.142 e. The summed E-state index contributed by atoms with van der Waals surface area (Å²) in [6.07, 6.45) is 1.50. The van der Waals surface area contributed by atoms with Gasteiger partial charge in [-0.15, -0.1) is 0 Å². The number of rotatable bonds is 4. The Morgan fingerprint density at radius 2 is 1.59 bits per heavy atom. The molecule has 0 bridgehead atoms. The maximum absolute atomic E-state index is 14.1. The average molecular weight is 364 g/mol. The van der Waals surface area contributed by atoms with Gasteiger partial charge >= 0.3 is 0 Å². The molecule has 2 heterocycles. The monoisotopic (exact) mass is 364 g/mol. The highest BCUT2D eigenvalue weighted by molar-refractivity contribution is 5.64. The molecule has 4 rings (SSSR count). The van der Waals surface area contributed by atoms with Crippen LogP contribution in [0.25, 0.3) is 11.3 Å². The lowest BCUT2D eigenvalue weighted by Crippen LogP contribution is -2.47. The van der Waals surface area contributed by atoms with Gasteiger partial charge < -0.3 is 14.5 Å². The van der Waals surface area contributed by atoms with Gasteiger partial charge in [0.25, 0.3) is 0 Å². The molecule has 2 aromatic carbocycles. The number of hydrogen-bond acceptors (Lipinski definition) is 5. The largest absolute Gasteiger partial charge is 0.495 e. The fourth-order valence-corrected chi connectivity index (χ4v) is 3.40. The van der Waals surface area contributed by atoms with Crippen LogP contribution in [0.3, 0.4) is 0 Å². The van der Waals surface area contributed by atoms with E-state index in [1.807, 2.05) is 30.3 Å². The Bertz CT molecular complexity index is 925. The lowest BCUT2D eigenvalue weighted by atomic mass is 10.1.